The van der Waals surface area contributed by atoms with E-state index in [1.807, 2.05) is 6.92 Å². The van der Waals surface area contributed by atoms with Crippen LogP contribution in [0.4, 0.5) is 0 Å². The van der Waals surface area contributed by atoms with Gasteiger partial charge < -0.3 is 131 Å². The first-order chi connectivity index (χ1) is 61.2. The molecule has 0 spiro atoms. The van der Waals surface area contributed by atoms with E-state index in [9.17, 15) is 73.2 Å². The zero-order valence-electron chi connectivity index (χ0n) is 73.3. The van der Waals surface area contributed by atoms with Crippen molar-refractivity contribution in [3.8, 4) is 5.75 Å². The summed E-state index contributed by atoms with van der Waals surface area (Å²) in [5, 5.41) is 80.5. The first kappa shape index (κ1) is 101. The highest BCUT2D eigenvalue weighted by Crippen LogP contribution is 2.27. The van der Waals surface area contributed by atoms with Crippen LogP contribution in [0.1, 0.15) is 116 Å². The molecule has 0 bridgehead atoms. The minimum Gasteiger partial charge on any atom is -0.508 e. The summed E-state index contributed by atoms with van der Waals surface area (Å²) in [6.07, 6.45) is 0.208. The Hall–Kier alpha value is -13.0. The highest BCUT2D eigenvalue weighted by molar-refractivity contribution is 8.00. The van der Waals surface area contributed by atoms with Crippen molar-refractivity contribution in [1.82, 2.24) is 93.0 Å². The zero-order chi connectivity index (χ0) is 94.8. The number of aromatic nitrogens is 2. The Morgan fingerprint density at radius 2 is 1.05 bits per heavy atom. The molecule has 3 aromatic carbocycles. The number of guanidine groups is 1. The van der Waals surface area contributed by atoms with E-state index in [0.717, 1.165) is 36.3 Å². The van der Waals surface area contributed by atoms with Gasteiger partial charge in [0, 0.05) is 106 Å². The number of unbranched alkanes of at least 4 members (excludes halogenated alkanes) is 1. The number of likely N-dealkylation sites (N-methyl/N-ethyl adjacent to an activating group) is 3. The molecule has 3 saturated heterocycles. The molecule has 3 fully saturated rings. The highest BCUT2D eigenvalue weighted by atomic mass is 32.2. The van der Waals surface area contributed by atoms with Gasteiger partial charge in [-0.3, -0.25) is 86.9 Å². The minimum atomic E-state index is -1.90. The topological polar surface area (TPSA) is 653 Å². The molecule has 15 atom stereocenters. The third-order valence-electron chi connectivity index (χ3n) is 22.9. The van der Waals surface area contributed by atoms with E-state index in [1.54, 1.807) is 74.8 Å². The van der Waals surface area contributed by atoms with E-state index in [4.69, 9.17) is 22.6 Å². The van der Waals surface area contributed by atoms with Crippen molar-refractivity contribution in [2.75, 3.05) is 72.0 Å². The van der Waals surface area contributed by atoms with Gasteiger partial charge in [0.2, 0.25) is 100 Å². The van der Waals surface area contributed by atoms with Gasteiger partial charge in [0.05, 0.1) is 38.0 Å². The Morgan fingerprint density at radius 1 is 0.543 bits per heavy atom. The van der Waals surface area contributed by atoms with Gasteiger partial charge in [0.15, 0.2) is 5.96 Å². The number of nitrogens with zero attached hydrogens (tertiary/aromatic N) is 5. The normalized spacial score (nSPS) is 25.4. The van der Waals surface area contributed by atoms with Gasteiger partial charge in [-0.1, -0.05) is 82.1 Å². The minimum absolute atomic E-state index is 0.0210. The standard InChI is InChI=1S/C85H120N22O21S/c1-9-10-22-66-84(128)104(7)46(5)71(115)95-56(21-15-28-90-85(88)89)74(118)102-64(73(117)93-38-69(87)113)42-129-43-70(114)94-59(31-47-24-26-50(110)27-25-47)80(124)103(6)45(4)72(116)97-61(35-68(86)112)82(126)106-29-16-23-65(106)78(122)101-63(41-109)77(121)98-58(30-44(2)3)83(127)107-39-51(111)34-67(107)79(123)96-57(32-48-36-91-54-19-13-11-17-52(48)54)75(119)100-62(40-108)76(120)99-60(81(125)105(66)8)33-49-37-92-55-20-14-12-18-53(49)55/h11-14,17-20,24-27,36-37,44-46,51,56-67,91-92,108-111H,9-10,15-16,21-23,28-35,38-43H2,1-8H3,(H2,86,112)(H2,87,113)(H,93,117)(H,94,114)(H,95,115)(H,96,123)(H,97,116)(H,98,121)(H,99,120)(H,100,119)(H,101,122)(H,102,118)(H4,88,89,90)/t45-,46-,51+,56-,57-,58-,59-,60-,61+,62-,63-,64-,65-,66-,67-/m0/s1. The summed E-state index contributed by atoms with van der Waals surface area (Å²) >= 11 is 0.744. The van der Waals surface area contributed by atoms with Gasteiger partial charge >= 0.3 is 0 Å². The summed E-state index contributed by atoms with van der Waals surface area (Å²) in [5.74, 6) is -18.8. The summed E-state index contributed by atoms with van der Waals surface area (Å²) in [7, 11) is 3.78. The number of carbonyl (C=O) groups is 17. The van der Waals surface area contributed by atoms with Crippen LogP contribution in [-0.2, 0) is 101 Å². The van der Waals surface area contributed by atoms with Crippen molar-refractivity contribution in [1.29, 1.82) is 5.41 Å². The number of fused-ring (bicyclic) bond motifs is 4. The van der Waals surface area contributed by atoms with Crippen molar-refractivity contribution in [2.24, 2.45) is 23.1 Å². The van der Waals surface area contributed by atoms with E-state index in [-0.39, 0.29) is 76.6 Å². The maximum atomic E-state index is 15.5. The largest absolute Gasteiger partial charge is 0.508 e. The van der Waals surface area contributed by atoms with Gasteiger partial charge in [-0.2, -0.15) is 0 Å². The number of hydrogen-bond acceptors (Lipinski definition) is 23. The van der Waals surface area contributed by atoms with E-state index in [0.29, 0.717) is 51.3 Å². The second-order valence-corrected chi connectivity index (χ2v) is 33.9. The molecule has 0 radical (unpaired) electrons. The fraction of sp³-hybridized carbons (Fsp3) is 0.529. The number of rotatable bonds is 22. The number of phenolic OH excluding ortho intramolecular Hbond substituents is 1. The molecule has 24 N–H and O–H groups in total. The molecule has 2 aromatic heterocycles. The number of amides is 17. The van der Waals surface area contributed by atoms with Gasteiger partial charge in [-0.15, -0.1) is 11.8 Å². The predicted molar refractivity (Wildman–Crippen MR) is 471 cm³/mol. The molecular weight excluding hydrogens is 1700 g/mol. The first-order valence-corrected chi connectivity index (χ1v) is 43.8. The lowest BCUT2D eigenvalue weighted by atomic mass is 10.0. The summed E-state index contributed by atoms with van der Waals surface area (Å²) in [4.78, 5) is 258. The van der Waals surface area contributed by atoms with Crippen LogP contribution >= 0.6 is 11.8 Å². The van der Waals surface area contributed by atoms with Crippen LogP contribution < -0.4 is 75.7 Å². The number of aromatic hydroxyl groups is 1. The second kappa shape index (κ2) is 47.7. The highest BCUT2D eigenvalue weighted by Gasteiger charge is 2.46. The first-order valence-electron chi connectivity index (χ1n) is 42.6. The fourth-order valence-electron chi connectivity index (χ4n) is 15.5. The number of nitrogens with one attached hydrogen (secondary N) is 14. The van der Waals surface area contributed by atoms with Crippen LogP contribution in [0, 0.1) is 11.3 Å². The molecule has 0 saturated carbocycles. The summed E-state index contributed by atoms with van der Waals surface area (Å²) in [5.41, 5.74) is 19.2. The summed E-state index contributed by atoms with van der Waals surface area (Å²) in [6, 6.07) is -2.94. The van der Waals surface area contributed by atoms with Gasteiger partial charge in [-0.05, 0) is 99.2 Å². The number of phenols is 1. The molecule has 702 valence electrons. The van der Waals surface area contributed by atoms with Crippen LogP contribution in [-0.4, -0.2) is 324 Å². The number of aromatic amines is 2. The smallest absolute Gasteiger partial charge is 0.246 e. The lowest BCUT2D eigenvalue weighted by molar-refractivity contribution is -0.149. The van der Waals surface area contributed by atoms with Crippen LogP contribution in [0.5, 0.6) is 5.75 Å². The number of aliphatic hydroxyl groups excluding tert-OH is 3. The van der Waals surface area contributed by atoms with Crippen LogP contribution in [0.15, 0.2) is 85.2 Å². The molecule has 129 heavy (non-hydrogen) atoms. The Labute approximate surface area is 748 Å². The molecule has 0 aliphatic carbocycles. The molecule has 0 unspecified atom stereocenters. The number of aliphatic hydroxyl groups is 3. The molecule has 17 amide bonds. The van der Waals surface area contributed by atoms with Gasteiger partial charge in [0.25, 0.3) is 0 Å². The predicted octanol–water partition coefficient (Wildman–Crippen LogP) is -5.07. The summed E-state index contributed by atoms with van der Waals surface area (Å²) in [6.45, 7) is 4.21. The molecule has 5 aromatic rings. The molecule has 3 aliphatic heterocycles. The number of para-hydroxylation sites is 2. The molecule has 44 heteroatoms. The average Bonchev–Trinajstić information content (AvgIpc) is 1.72. The average molecular weight is 1820 g/mol. The third kappa shape index (κ3) is 28.0. The number of carbonyl (C=O) groups excluding carboxylic acids is 17. The van der Waals surface area contributed by atoms with E-state index >= 15 is 28.8 Å². The Balaban J connectivity index is 1.17. The SMILES string of the molecule is CCCC[C@H]1C(=O)N(C)[C@@H](C)C(=O)N[C@@H](CCCNC(=N)N)C(=O)N[C@H](C(=O)NCC(N)=O)CSCC(=O)N[C@@H](Cc2ccc(O)cc2)C(=O)N(C)[C@@H](C)C(=O)N[C@H](CC(N)=O)C(=O)N2CCC[C@H]2C(=O)N[C@@H](CO)C(=O)N[C@@H](CC(C)C)C(=O)N2C[C@H](O)C[C@H]2C(=O)N[C@@H](Cc2c[nH]c3ccccc23)C(=O)N[C@@H](CO)C(=O)N[C@@H](Cc2c[nH]c3ccccc23)C(=O)N1C. The third-order valence-corrected chi connectivity index (χ3v) is 23.9. The Bertz CT molecular complexity index is 4890. The molecular formula is C85H120N22O21S. The molecule has 3 aliphatic rings. The van der Waals surface area contributed by atoms with Gasteiger partial charge in [-0.25, -0.2) is 0 Å². The van der Waals surface area contributed by atoms with E-state index in [2.05, 4.69) is 68.5 Å². The monoisotopic (exact) mass is 1820 g/mol. The van der Waals surface area contributed by atoms with E-state index in [1.165, 1.54) is 59.3 Å². The number of nitrogens with two attached hydrogens (primary N) is 3. The summed E-state index contributed by atoms with van der Waals surface area (Å²) < 4.78 is 0. The van der Waals surface area contributed by atoms with E-state index < -0.39 is 254 Å². The van der Waals surface area contributed by atoms with Crippen molar-refractivity contribution < 1.29 is 102 Å². The van der Waals surface area contributed by atoms with Crippen LogP contribution in [0.25, 0.3) is 21.8 Å². The van der Waals surface area contributed by atoms with Crippen molar-refractivity contribution in [3.63, 3.8) is 0 Å². The maximum Gasteiger partial charge on any atom is 0.246 e. The van der Waals surface area contributed by atoms with Crippen LogP contribution in [0.3, 0.4) is 0 Å². The number of primary amides is 2. The number of H-pyrrole nitrogens is 2. The Morgan fingerprint density at radius 3 is 1.62 bits per heavy atom. The molecule has 8 rings (SSSR count). The van der Waals surface area contributed by atoms with Crippen LogP contribution in [0.2, 0.25) is 0 Å². The number of thioether (sulfide) groups is 1. The lowest BCUT2D eigenvalue weighted by Crippen LogP contribution is -2.61. The number of hydrogen-bond donors (Lipinski definition) is 21. The van der Waals surface area contributed by atoms with Gasteiger partial charge in [0.1, 0.15) is 90.3 Å². The zero-order valence-corrected chi connectivity index (χ0v) is 74.1. The molecule has 5 heterocycles. The van der Waals surface area contributed by atoms with Crippen molar-refractivity contribution >= 4 is 140 Å². The second-order valence-electron chi connectivity index (χ2n) is 32.9. The molecule has 43 nitrogen and oxygen atoms in total. The Kier molecular flexibility index (Phi) is 37.5. The van der Waals surface area contributed by atoms with Crippen molar-refractivity contribution in [2.45, 2.75) is 209 Å². The quantitative estimate of drug-likeness (QED) is 0.0175. The number of benzene rings is 3. The fourth-order valence-corrected chi connectivity index (χ4v) is 16.4. The van der Waals surface area contributed by atoms with Crippen molar-refractivity contribution in [3.05, 3.63) is 102 Å². The lowest BCUT2D eigenvalue weighted by Gasteiger charge is -2.35. The maximum absolute atomic E-state index is 15.5.